The lowest BCUT2D eigenvalue weighted by atomic mass is 10.1. The number of hydrogen-bond donors (Lipinski definition) is 0. The Bertz CT molecular complexity index is 1010. The Labute approximate surface area is 137 Å². The Kier molecular flexibility index (Phi) is 3.45. The van der Waals surface area contributed by atoms with Crippen molar-refractivity contribution in [1.29, 1.82) is 0 Å². The fourth-order valence-electron chi connectivity index (χ4n) is 2.75. The summed E-state index contributed by atoms with van der Waals surface area (Å²) in [5.74, 6) is 0.573. The van der Waals surface area contributed by atoms with Crippen molar-refractivity contribution < 1.29 is 9.13 Å². The molecule has 0 spiro atoms. The van der Waals surface area contributed by atoms with Gasteiger partial charge in [-0.3, -0.25) is 0 Å². The van der Waals surface area contributed by atoms with Gasteiger partial charge in [-0.15, -0.1) is 0 Å². The standard InChI is InChI=1S/C17H14FN5O/c1-24-14-6-3-5-13(18)16(14)17-19-8-9-22(17)10-12-4-2-7-15-20-11-21-23(12)15/h2-9,11H,10H2,1H3. The van der Waals surface area contributed by atoms with E-state index in [1.54, 1.807) is 29.0 Å². The average molecular weight is 323 g/mol. The predicted molar refractivity (Wildman–Crippen MR) is 86.3 cm³/mol. The number of ether oxygens (including phenoxy) is 1. The van der Waals surface area contributed by atoms with E-state index in [9.17, 15) is 4.39 Å². The molecule has 0 N–H and O–H groups in total. The van der Waals surface area contributed by atoms with E-state index in [-0.39, 0.29) is 5.82 Å². The molecule has 4 rings (SSSR count). The number of fused-ring (bicyclic) bond motifs is 1. The molecule has 3 aromatic heterocycles. The SMILES string of the molecule is COc1cccc(F)c1-c1nccn1Cc1cccc2ncnn12. The van der Waals surface area contributed by atoms with Crippen molar-refractivity contribution >= 4 is 5.65 Å². The molecule has 0 saturated heterocycles. The molecule has 0 aliphatic carbocycles. The summed E-state index contributed by atoms with van der Waals surface area (Å²) in [4.78, 5) is 8.50. The van der Waals surface area contributed by atoms with Crippen LogP contribution in [0.5, 0.6) is 5.75 Å². The third-order valence-corrected chi connectivity index (χ3v) is 3.85. The minimum Gasteiger partial charge on any atom is -0.496 e. The first kappa shape index (κ1) is 14.4. The van der Waals surface area contributed by atoms with E-state index in [1.165, 1.54) is 19.5 Å². The number of rotatable bonds is 4. The Balaban J connectivity index is 1.81. The maximum absolute atomic E-state index is 14.4. The number of methoxy groups -OCH3 is 1. The molecule has 0 amide bonds. The highest BCUT2D eigenvalue weighted by Crippen LogP contribution is 2.31. The summed E-state index contributed by atoms with van der Waals surface area (Å²) in [7, 11) is 1.52. The molecule has 120 valence electrons. The van der Waals surface area contributed by atoms with Crippen molar-refractivity contribution in [3.05, 3.63) is 66.6 Å². The fourth-order valence-corrected chi connectivity index (χ4v) is 2.75. The second-order valence-corrected chi connectivity index (χ2v) is 5.24. The minimum absolute atomic E-state index is 0.343. The van der Waals surface area contributed by atoms with E-state index in [0.29, 0.717) is 23.7 Å². The number of imidazole rings is 1. The van der Waals surface area contributed by atoms with Gasteiger partial charge < -0.3 is 9.30 Å². The second-order valence-electron chi connectivity index (χ2n) is 5.24. The van der Waals surface area contributed by atoms with Gasteiger partial charge in [0.15, 0.2) is 5.65 Å². The number of benzene rings is 1. The van der Waals surface area contributed by atoms with Crippen molar-refractivity contribution in [2.24, 2.45) is 0 Å². The summed E-state index contributed by atoms with van der Waals surface area (Å²) >= 11 is 0. The van der Waals surface area contributed by atoms with Gasteiger partial charge in [0.05, 0.1) is 24.9 Å². The van der Waals surface area contributed by atoms with Crippen LogP contribution in [-0.2, 0) is 6.54 Å². The molecule has 6 nitrogen and oxygen atoms in total. The maximum Gasteiger partial charge on any atom is 0.155 e. The zero-order valence-electron chi connectivity index (χ0n) is 12.9. The average Bonchev–Trinajstić information content (AvgIpc) is 3.24. The van der Waals surface area contributed by atoms with Gasteiger partial charge in [-0.2, -0.15) is 5.10 Å². The van der Waals surface area contributed by atoms with Crippen LogP contribution in [0.1, 0.15) is 5.69 Å². The molecule has 0 saturated carbocycles. The summed E-state index contributed by atoms with van der Waals surface area (Å²) in [6.45, 7) is 0.480. The highest BCUT2D eigenvalue weighted by molar-refractivity contribution is 5.65. The van der Waals surface area contributed by atoms with E-state index < -0.39 is 0 Å². The Morgan fingerprint density at radius 3 is 2.88 bits per heavy atom. The first-order valence-corrected chi connectivity index (χ1v) is 7.39. The molecule has 3 heterocycles. The number of nitrogens with zero attached hydrogens (tertiary/aromatic N) is 5. The van der Waals surface area contributed by atoms with Crippen LogP contribution in [-0.4, -0.2) is 31.3 Å². The van der Waals surface area contributed by atoms with Gasteiger partial charge in [0.1, 0.15) is 23.7 Å². The lowest BCUT2D eigenvalue weighted by Gasteiger charge is -2.12. The first-order chi connectivity index (χ1) is 11.8. The lowest BCUT2D eigenvalue weighted by molar-refractivity contribution is 0.412. The summed E-state index contributed by atoms with van der Waals surface area (Å²) in [5, 5.41) is 4.23. The van der Waals surface area contributed by atoms with Crippen LogP contribution in [0, 0.1) is 5.82 Å². The summed E-state index contributed by atoms with van der Waals surface area (Å²) in [5.41, 5.74) is 2.02. The second kappa shape index (κ2) is 5.77. The van der Waals surface area contributed by atoms with Crippen molar-refractivity contribution in [2.75, 3.05) is 7.11 Å². The molecule has 0 atom stereocenters. The van der Waals surface area contributed by atoms with Gasteiger partial charge in [-0.25, -0.2) is 18.9 Å². The molecule has 0 radical (unpaired) electrons. The molecule has 24 heavy (non-hydrogen) atoms. The largest absolute Gasteiger partial charge is 0.496 e. The first-order valence-electron chi connectivity index (χ1n) is 7.39. The number of hydrogen-bond acceptors (Lipinski definition) is 4. The third-order valence-electron chi connectivity index (χ3n) is 3.85. The normalized spacial score (nSPS) is 11.1. The van der Waals surface area contributed by atoms with Gasteiger partial charge in [0.25, 0.3) is 0 Å². The molecule has 0 bridgehead atoms. The molecule has 0 fully saturated rings. The minimum atomic E-state index is -0.374. The molecule has 0 unspecified atom stereocenters. The molecule has 0 aliphatic rings. The molecule has 0 aliphatic heterocycles. The van der Waals surface area contributed by atoms with Crippen LogP contribution in [0.3, 0.4) is 0 Å². The number of pyridine rings is 1. The van der Waals surface area contributed by atoms with Crippen LogP contribution in [0.25, 0.3) is 17.0 Å². The predicted octanol–water partition coefficient (Wildman–Crippen LogP) is 2.79. The Morgan fingerprint density at radius 2 is 2.00 bits per heavy atom. The number of halogens is 1. The van der Waals surface area contributed by atoms with Gasteiger partial charge in [0, 0.05) is 12.4 Å². The zero-order valence-corrected chi connectivity index (χ0v) is 12.9. The van der Waals surface area contributed by atoms with Crippen LogP contribution in [0.15, 0.2) is 55.1 Å². The van der Waals surface area contributed by atoms with Crippen molar-refractivity contribution in [1.82, 2.24) is 24.1 Å². The monoisotopic (exact) mass is 323 g/mol. The Hall–Kier alpha value is -3.22. The molecule has 7 heteroatoms. The smallest absolute Gasteiger partial charge is 0.155 e. The van der Waals surface area contributed by atoms with E-state index in [0.717, 1.165) is 11.3 Å². The van der Waals surface area contributed by atoms with E-state index >= 15 is 0 Å². The van der Waals surface area contributed by atoms with Crippen LogP contribution >= 0.6 is 0 Å². The van der Waals surface area contributed by atoms with Gasteiger partial charge >= 0.3 is 0 Å². The molecular weight excluding hydrogens is 309 g/mol. The van der Waals surface area contributed by atoms with Crippen LogP contribution < -0.4 is 4.74 Å². The highest BCUT2D eigenvalue weighted by atomic mass is 19.1. The zero-order chi connectivity index (χ0) is 16.5. The van der Waals surface area contributed by atoms with Gasteiger partial charge in [-0.1, -0.05) is 12.1 Å². The number of aromatic nitrogens is 5. The van der Waals surface area contributed by atoms with Crippen molar-refractivity contribution in [3.8, 4) is 17.1 Å². The van der Waals surface area contributed by atoms with Crippen molar-refractivity contribution in [2.45, 2.75) is 6.54 Å². The fraction of sp³-hybridized carbons (Fsp3) is 0.118. The van der Waals surface area contributed by atoms with Crippen LogP contribution in [0.4, 0.5) is 4.39 Å². The quantitative estimate of drug-likeness (QED) is 0.579. The van der Waals surface area contributed by atoms with Crippen LogP contribution in [0.2, 0.25) is 0 Å². The van der Waals surface area contributed by atoms with Gasteiger partial charge in [-0.05, 0) is 24.3 Å². The van der Waals surface area contributed by atoms with Gasteiger partial charge in [0.2, 0.25) is 0 Å². The summed E-state index contributed by atoms with van der Waals surface area (Å²) < 4.78 is 23.3. The van der Waals surface area contributed by atoms with E-state index in [1.807, 2.05) is 22.8 Å². The summed E-state index contributed by atoms with van der Waals surface area (Å²) in [6.07, 6.45) is 4.95. The molecular formula is C17H14FN5O. The third kappa shape index (κ3) is 2.30. The summed E-state index contributed by atoms with van der Waals surface area (Å²) in [6, 6.07) is 10.5. The van der Waals surface area contributed by atoms with E-state index in [2.05, 4.69) is 15.1 Å². The topological polar surface area (TPSA) is 57.2 Å². The highest BCUT2D eigenvalue weighted by Gasteiger charge is 2.17. The molecule has 4 aromatic rings. The maximum atomic E-state index is 14.4. The Morgan fingerprint density at radius 1 is 1.12 bits per heavy atom. The van der Waals surface area contributed by atoms with E-state index in [4.69, 9.17) is 4.74 Å². The lowest BCUT2D eigenvalue weighted by Crippen LogP contribution is -2.07. The molecule has 1 aromatic carbocycles. The van der Waals surface area contributed by atoms with Crippen molar-refractivity contribution in [3.63, 3.8) is 0 Å².